The fourth-order valence-corrected chi connectivity index (χ4v) is 3.32. The molecule has 0 aliphatic carbocycles. The van der Waals surface area contributed by atoms with Crippen LogP contribution in [0.25, 0.3) is 0 Å². The molecule has 0 radical (unpaired) electrons. The third-order valence-corrected chi connectivity index (χ3v) is 4.63. The highest BCUT2D eigenvalue weighted by Gasteiger charge is 2.63. The lowest BCUT2D eigenvalue weighted by atomic mass is 10.0. The number of ether oxygens (including phenoxy) is 1. The van der Waals surface area contributed by atoms with Crippen LogP contribution in [0, 0.1) is 20.8 Å². The van der Waals surface area contributed by atoms with Gasteiger partial charge in [-0.1, -0.05) is 17.7 Å². The summed E-state index contributed by atoms with van der Waals surface area (Å²) in [5, 5.41) is 14.2. The number of rotatable bonds is 4. The fraction of sp³-hybridized carbons (Fsp3) is 0.350. The SMILES string of the molecule is Cc1cc(C)c(OCC(=O)N2N=C(c3ccncc3)C[C@]2(O)C(F)(F)F)c(C)c1. The first-order chi connectivity index (χ1) is 13.5. The Labute approximate surface area is 165 Å². The van der Waals surface area contributed by atoms with Crippen molar-refractivity contribution in [3.05, 3.63) is 58.9 Å². The third-order valence-electron chi connectivity index (χ3n) is 4.63. The Hall–Kier alpha value is -2.94. The number of hydrogen-bond donors (Lipinski definition) is 1. The van der Waals surface area contributed by atoms with Crippen molar-refractivity contribution in [3.63, 3.8) is 0 Å². The summed E-state index contributed by atoms with van der Waals surface area (Å²) in [6.07, 6.45) is -3.20. The van der Waals surface area contributed by atoms with Crippen LogP contribution in [0.2, 0.25) is 0 Å². The van der Waals surface area contributed by atoms with Crippen LogP contribution in [0.4, 0.5) is 13.2 Å². The lowest BCUT2D eigenvalue weighted by Gasteiger charge is -2.32. The van der Waals surface area contributed by atoms with Gasteiger partial charge in [-0.3, -0.25) is 9.78 Å². The van der Waals surface area contributed by atoms with Gasteiger partial charge >= 0.3 is 6.18 Å². The van der Waals surface area contributed by atoms with E-state index in [1.807, 2.05) is 19.1 Å². The average Bonchev–Trinajstić information content (AvgIpc) is 3.00. The predicted molar refractivity (Wildman–Crippen MR) is 99.4 cm³/mol. The number of nitrogens with zero attached hydrogens (tertiary/aromatic N) is 3. The van der Waals surface area contributed by atoms with Gasteiger partial charge in [-0.05, 0) is 44.0 Å². The van der Waals surface area contributed by atoms with Gasteiger partial charge in [0.05, 0.1) is 12.1 Å². The zero-order valence-corrected chi connectivity index (χ0v) is 16.1. The molecular weight excluding hydrogens is 387 g/mol. The predicted octanol–water partition coefficient (Wildman–Crippen LogP) is 3.27. The summed E-state index contributed by atoms with van der Waals surface area (Å²) in [7, 11) is 0. The second-order valence-electron chi connectivity index (χ2n) is 7.00. The van der Waals surface area contributed by atoms with E-state index in [0.717, 1.165) is 16.7 Å². The molecule has 29 heavy (non-hydrogen) atoms. The monoisotopic (exact) mass is 407 g/mol. The van der Waals surface area contributed by atoms with Crippen LogP contribution < -0.4 is 4.74 Å². The van der Waals surface area contributed by atoms with E-state index in [-0.39, 0.29) is 10.7 Å². The number of carbonyl (C=O) groups excluding carboxylic acids is 1. The Balaban J connectivity index is 1.87. The first-order valence-corrected chi connectivity index (χ1v) is 8.83. The Morgan fingerprint density at radius 2 is 1.79 bits per heavy atom. The highest BCUT2D eigenvalue weighted by molar-refractivity contribution is 6.03. The van der Waals surface area contributed by atoms with Crippen LogP contribution >= 0.6 is 0 Å². The fourth-order valence-electron chi connectivity index (χ4n) is 3.32. The maximum atomic E-state index is 13.6. The molecule has 2 heterocycles. The normalized spacial score (nSPS) is 19.3. The van der Waals surface area contributed by atoms with Gasteiger partial charge in [-0.25, -0.2) is 0 Å². The number of hydrazone groups is 1. The van der Waals surface area contributed by atoms with Crippen LogP contribution in [-0.2, 0) is 4.79 Å². The average molecular weight is 407 g/mol. The zero-order chi connectivity index (χ0) is 21.4. The molecule has 0 spiro atoms. The van der Waals surface area contributed by atoms with Crippen molar-refractivity contribution < 1.29 is 27.8 Å². The quantitative estimate of drug-likeness (QED) is 0.844. The molecular formula is C20H20F3N3O3. The van der Waals surface area contributed by atoms with Crippen LogP contribution in [0.3, 0.4) is 0 Å². The van der Waals surface area contributed by atoms with Gasteiger partial charge in [0.1, 0.15) is 5.75 Å². The number of aryl methyl sites for hydroxylation is 3. The van der Waals surface area contributed by atoms with E-state index >= 15 is 0 Å². The van der Waals surface area contributed by atoms with Crippen molar-refractivity contribution in [2.45, 2.75) is 39.1 Å². The minimum absolute atomic E-state index is 0.0664. The van der Waals surface area contributed by atoms with Crippen LogP contribution in [0.15, 0.2) is 41.8 Å². The molecule has 154 valence electrons. The van der Waals surface area contributed by atoms with Gasteiger partial charge in [-0.2, -0.15) is 23.3 Å². The van der Waals surface area contributed by atoms with E-state index in [9.17, 15) is 23.1 Å². The molecule has 0 saturated heterocycles. The van der Waals surface area contributed by atoms with Crippen LogP contribution in [0.1, 0.15) is 28.7 Å². The van der Waals surface area contributed by atoms with E-state index in [2.05, 4.69) is 10.1 Å². The number of pyridine rings is 1. The number of amides is 1. The zero-order valence-electron chi connectivity index (χ0n) is 16.1. The summed E-state index contributed by atoms with van der Waals surface area (Å²) in [6.45, 7) is 4.76. The number of alkyl halides is 3. The Morgan fingerprint density at radius 1 is 1.21 bits per heavy atom. The van der Waals surface area contributed by atoms with Crippen molar-refractivity contribution in [2.24, 2.45) is 5.10 Å². The molecule has 0 saturated carbocycles. The van der Waals surface area contributed by atoms with Crippen LogP contribution in [0.5, 0.6) is 5.75 Å². The molecule has 1 amide bonds. The first kappa shape index (κ1) is 20.8. The summed E-state index contributed by atoms with van der Waals surface area (Å²) < 4.78 is 46.3. The van der Waals surface area contributed by atoms with Crippen molar-refractivity contribution in [1.82, 2.24) is 9.99 Å². The van der Waals surface area contributed by atoms with Crippen molar-refractivity contribution in [3.8, 4) is 5.75 Å². The van der Waals surface area contributed by atoms with Gasteiger partial charge in [-0.15, -0.1) is 0 Å². The van der Waals surface area contributed by atoms with E-state index in [1.165, 1.54) is 24.5 Å². The summed E-state index contributed by atoms with van der Waals surface area (Å²) in [5.74, 6) is -0.690. The number of hydrogen-bond acceptors (Lipinski definition) is 5. The summed E-state index contributed by atoms with van der Waals surface area (Å²) in [5.41, 5.74) is -0.667. The van der Waals surface area contributed by atoms with Gasteiger partial charge in [0.15, 0.2) is 6.61 Å². The number of aliphatic hydroxyl groups is 1. The van der Waals surface area contributed by atoms with E-state index in [1.54, 1.807) is 13.8 Å². The van der Waals surface area contributed by atoms with E-state index in [4.69, 9.17) is 4.74 Å². The van der Waals surface area contributed by atoms with Gasteiger partial charge in [0.2, 0.25) is 0 Å². The minimum atomic E-state index is -5.10. The number of halogens is 3. The largest absolute Gasteiger partial charge is 0.483 e. The molecule has 1 aromatic carbocycles. The molecule has 1 aliphatic rings. The second kappa shape index (κ2) is 7.47. The highest BCUT2D eigenvalue weighted by Crippen LogP contribution is 2.41. The van der Waals surface area contributed by atoms with Gasteiger partial charge < -0.3 is 9.84 Å². The molecule has 1 atom stereocenters. The van der Waals surface area contributed by atoms with E-state index < -0.39 is 30.8 Å². The lowest BCUT2D eigenvalue weighted by Crippen LogP contribution is -2.57. The molecule has 0 fully saturated rings. The third kappa shape index (κ3) is 3.95. The summed E-state index contributed by atoms with van der Waals surface area (Å²) in [6, 6.07) is 6.60. The van der Waals surface area contributed by atoms with Gasteiger partial charge in [0.25, 0.3) is 11.6 Å². The molecule has 6 nitrogen and oxygen atoms in total. The number of benzene rings is 1. The number of carbonyl (C=O) groups is 1. The highest BCUT2D eigenvalue weighted by atomic mass is 19.4. The first-order valence-electron chi connectivity index (χ1n) is 8.83. The topological polar surface area (TPSA) is 75.0 Å². The summed E-state index contributed by atoms with van der Waals surface area (Å²) >= 11 is 0. The number of aromatic nitrogens is 1. The van der Waals surface area contributed by atoms with Crippen molar-refractivity contribution >= 4 is 11.6 Å². The van der Waals surface area contributed by atoms with Gasteiger partial charge in [0, 0.05) is 18.0 Å². The molecule has 9 heteroatoms. The molecule has 3 rings (SSSR count). The lowest BCUT2D eigenvalue weighted by molar-refractivity contribution is -0.302. The van der Waals surface area contributed by atoms with Crippen molar-refractivity contribution in [2.75, 3.05) is 6.61 Å². The Bertz CT molecular complexity index is 937. The molecule has 2 aromatic rings. The maximum Gasteiger partial charge on any atom is 0.438 e. The second-order valence-corrected chi connectivity index (χ2v) is 7.00. The molecule has 1 aromatic heterocycles. The summed E-state index contributed by atoms with van der Waals surface area (Å²) in [4.78, 5) is 16.4. The molecule has 1 N–H and O–H groups in total. The smallest absolute Gasteiger partial charge is 0.438 e. The minimum Gasteiger partial charge on any atom is -0.483 e. The van der Waals surface area contributed by atoms with Crippen LogP contribution in [-0.4, -0.2) is 45.2 Å². The Kier molecular flexibility index (Phi) is 5.36. The maximum absolute atomic E-state index is 13.6. The van der Waals surface area contributed by atoms with E-state index in [0.29, 0.717) is 11.3 Å². The molecule has 1 aliphatic heterocycles. The van der Waals surface area contributed by atoms with Crippen molar-refractivity contribution in [1.29, 1.82) is 0 Å². The standard InChI is InChI=1S/C20H20F3N3O3/c1-12-8-13(2)18(14(3)9-12)29-11-17(27)26-19(28,20(21,22)23)10-16(25-26)15-4-6-24-7-5-15/h4-9,28H,10-11H2,1-3H3/t19-/m0/s1. The molecule has 0 unspecified atom stereocenters. The molecule has 0 bridgehead atoms. The Morgan fingerprint density at radius 3 is 2.34 bits per heavy atom.